The molecule has 0 radical (unpaired) electrons. The van der Waals surface area contributed by atoms with E-state index in [2.05, 4.69) is 12.6 Å². The number of benzene rings is 2. The van der Waals surface area contributed by atoms with E-state index in [9.17, 15) is 5.21 Å². The summed E-state index contributed by atoms with van der Waals surface area (Å²) in [5.41, 5.74) is 1.08. The molecule has 2 rings (SSSR count). The molecule has 0 atom stereocenters. The molecule has 110 valence electrons. The van der Waals surface area contributed by atoms with Gasteiger partial charge < -0.3 is 22.4 Å². The van der Waals surface area contributed by atoms with Crippen molar-refractivity contribution in [2.24, 2.45) is 0 Å². The van der Waals surface area contributed by atoms with E-state index < -0.39 is 0 Å². The first-order valence-electron chi connectivity index (χ1n) is 5.63. The molecule has 0 amide bonds. The summed E-state index contributed by atoms with van der Waals surface area (Å²) in [5.74, 6) is 0.474. The maximum Gasteiger partial charge on any atom is 4.00 e. The van der Waals surface area contributed by atoms with Gasteiger partial charge in [0.2, 0.25) is 10.1 Å². The Kier molecular flexibility index (Phi) is 10.2. The molecule has 22 heavy (non-hydrogen) atoms. The van der Waals surface area contributed by atoms with Crippen LogP contribution < -0.4 is 17.1 Å². The summed E-state index contributed by atoms with van der Waals surface area (Å²) in [4.78, 5) is 0. The minimum Gasteiger partial charge on any atom is -1.00 e. The number of thiol groups is 1. The summed E-state index contributed by atoms with van der Waals surface area (Å²) in [6.07, 6.45) is 1.41. The van der Waals surface area contributed by atoms with Crippen LogP contribution in [-0.2, 0) is 26.2 Å². The van der Waals surface area contributed by atoms with E-state index in [1.807, 2.05) is 0 Å². The molecule has 0 saturated carbocycles. The SMILES string of the molecule is [Cl-].[O-]/[N+](=C\c1ccccc1OC(=S)S)c1ccc(Cl)cc1.[Zr+4]. The fraction of sp³-hybridized carbons (Fsp3) is 0. The van der Waals surface area contributed by atoms with Crippen LogP contribution in [0.5, 0.6) is 5.75 Å². The molecule has 0 heterocycles. The fourth-order valence-corrected chi connectivity index (χ4v) is 1.88. The third kappa shape index (κ3) is 6.39. The molecular weight excluding hydrogens is 440 g/mol. The average molecular weight is 451 g/mol. The second kappa shape index (κ2) is 10.4. The van der Waals surface area contributed by atoms with Crippen LogP contribution in [0.4, 0.5) is 5.69 Å². The predicted octanol–water partition coefficient (Wildman–Crippen LogP) is 1.20. The molecule has 8 heteroatoms. The van der Waals surface area contributed by atoms with Crippen LogP contribution in [0.3, 0.4) is 0 Å². The number of rotatable bonds is 3. The van der Waals surface area contributed by atoms with Crippen molar-refractivity contribution >= 4 is 52.7 Å². The Morgan fingerprint density at radius 1 is 1.18 bits per heavy atom. The number of halogens is 2. The van der Waals surface area contributed by atoms with Gasteiger partial charge in [0.1, 0.15) is 5.75 Å². The standard InChI is InChI=1S/C14H10ClNO2S2.ClH.Zr/c15-11-5-7-12(8-6-11)16(17)9-10-3-1-2-4-13(10)18-14(19)20;;/h1-9H,(H,19,20);1H;/q;;+4/p-1/b16-9-;;. The summed E-state index contributed by atoms with van der Waals surface area (Å²) in [5, 5.41) is 12.6. The monoisotopic (exact) mass is 448 g/mol. The van der Waals surface area contributed by atoms with Gasteiger partial charge in [-0.3, -0.25) is 0 Å². The van der Waals surface area contributed by atoms with Crippen molar-refractivity contribution in [1.29, 1.82) is 0 Å². The topological polar surface area (TPSA) is 35.3 Å². The summed E-state index contributed by atoms with van der Waals surface area (Å²) in [6.45, 7) is 0. The van der Waals surface area contributed by atoms with Gasteiger partial charge in [-0.1, -0.05) is 36.4 Å². The normalized spacial score (nSPS) is 10.2. The van der Waals surface area contributed by atoms with Gasteiger partial charge in [0.05, 0.1) is 5.56 Å². The Morgan fingerprint density at radius 3 is 2.36 bits per heavy atom. The summed E-state index contributed by atoms with van der Waals surface area (Å²) in [7, 11) is 0. The minimum atomic E-state index is 0. The maximum absolute atomic E-state index is 12.1. The molecule has 0 N–H and O–H groups in total. The van der Waals surface area contributed by atoms with Gasteiger partial charge in [-0.05, 0) is 36.5 Å². The van der Waals surface area contributed by atoms with Gasteiger partial charge >= 0.3 is 26.2 Å². The molecule has 0 aliphatic heterocycles. The van der Waals surface area contributed by atoms with Gasteiger partial charge in [0, 0.05) is 17.2 Å². The van der Waals surface area contributed by atoms with Crippen molar-refractivity contribution in [3.8, 4) is 5.75 Å². The average Bonchev–Trinajstić information content (AvgIpc) is 2.41. The van der Waals surface area contributed by atoms with E-state index in [0.29, 0.717) is 22.0 Å². The summed E-state index contributed by atoms with van der Waals surface area (Å²) in [6, 6.07) is 13.6. The van der Waals surface area contributed by atoms with Crippen LogP contribution in [0, 0.1) is 5.21 Å². The molecule has 0 spiro atoms. The Bertz CT molecular complexity index is 666. The van der Waals surface area contributed by atoms with Gasteiger partial charge in [-0.2, -0.15) is 4.74 Å². The Hall–Kier alpha value is -0.387. The largest absolute Gasteiger partial charge is 4.00 e. The zero-order valence-electron chi connectivity index (χ0n) is 11.1. The molecule has 0 aromatic heterocycles. The van der Waals surface area contributed by atoms with Crippen molar-refractivity contribution in [3.05, 3.63) is 64.3 Å². The van der Waals surface area contributed by atoms with Crippen LogP contribution in [0.15, 0.2) is 48.5 Å². The summed E-state index contributed by atoms with van der Waals surface area (Å²) < 4.78 is 6.11. The van der Waals surface area contributed by atoms with E-state index in [-0.39, 0.29) is 43.0 Å². The molecule has 2 aromatic rings. The third-order valence-electron chi connectivity index (χ3n) is 2.45. The van der Waals surface area contributed by atoms with E-state index in [1.165, 1.54) is 6.21 Å². The van der Waals surface area contributed by atoms with E-state index in [4.69, 9.17) is 28.6 Å². The maximum atomic E-state index is 12.1. The van der Waals surface area contributed by atoms with Crippen LogP contribution in [0.1, 0.15) is 5.56 Å². The molecule has 0 aliphatic rings. The molecule has 0 bridgehead atoms. The smallest absolute Gasteiger partial charge is 1.00 e. The van der Waals surface area contributed by atoms with Gasteiger partial charge in [-0.15, -0.1) is 0 Å². The van der Waals surface area contributed by atoms with Crippen LogP contribution in [0.2, 0.25) is 5.02 Å². The molecule has 2 aromatic carbocycles. The molecule has 0 saturated heterocycles. The second-order valence-corrected chi connectivity index (χ2v) is 5.35. The van der Waals surface area contributed by atoms with Gasteiger partial charge in [-0.25, -0.2) is 0 Å². The number of hydrogen-bond donors (Lipinski definition) is 1. The molecule has 0 fully saturated rings. The molecule has 0 unspecified atom stereocenters. The number of thiocarbonyl (C=S) groups is 1. The third-order valence-corrected chi connectivity index (χ3v) is 2.88. The van der Waals surface area contributed by atoms with Crippen molar-refractivity contribution in [2.75, 3.05) is 0 Å². The Balaban J connectivity index is 0.00000220. The number of hydrogen-bond acceptors (Lipinski definition) is 3. The molecular formula is C14H10Cl2NO2S2Zr+3. The quantitative estimate of drug-likeness (QED) is 0.191. The zero-order chi connectivity index (χ0) is 14.5. The number of para-hydroxylation sites is 1. The zero-order valence-corrected chi connectivity index (χ0v) is 16.8. The number of ether oxygens (including phenoxy) is 1. The Labute approximate surface area is 169 Å². The second-order valence-electron chi connectivity index (χ2n) is 3.84. The van der Waals surface area contributed by atoms with Crippen molar-refractivity contribution < 1.29 is 48.1 Å². The van der Waals surface area contributed by atoms with Gasteiger partial charge in [0.15, 0.2) is 6.21 Å². The molecule has 3 nitrogen and oxygen atoms in total. The van der Waals surface area contributed by atoms with Crippen LogP contribution in [-0.4, -0.2) is 15.3 Å². The Morgan fingerprint density at radius 2 is 1.77 bits per heavy atom. The van der Waals surface area contributed by atoms with Crippen LogP contribution in [0.25, 0.3) is 0 Å². The summed E-state index contributed by atoms with van der Waals surface area (Å²) >= 11 is 14.5. The fourth-order valence-electron chi connectivity index (χ4n) is 1.56. The number of nitrogens with zero attached hydrogens (tertiary/aromatic N) is 1. The predicted molar refractivity (Wildman–Crippen MR) is 88.6 cm³/mol. The first-order valence-corrected chi connectivity index (χ1v) is 6.86. The van der Waals surface area contributed by atoms with Crippen molar-refractivity contribution in [1.82, 2.24) is 0 Å². The first-order chi connectivity index (χ1) is 9.56. The van der Waals surface area contributed by atoms with E-state index in [0.717, 1.165) is 4.74 Å². The van der Waals surface area contributed by atoms with Gasteiger partial charge in [0.25, 0.3) is 0 Å². The van der Waals surface area contributed by atoms with Crippen LogP contribution >= 0.6 is 36.4 Å². The molecule has 0 aliphatic carbocycles. The minimum absolute atomic E-state index is 0. The van der Waals surface area contributed by atoms with Crippen molar-refractivity contribution in [2.45, 2.75) is 0 Å². The van der Waals surface area contributed by atoms with Crippen molar-refractivity contribution in [3.63, 3.8) is 0 Å². The first kappa shape index (κ1) is 21.6. The van der Waals surface area contributed by atoms with E-state index >= 15 is 0 Å². The van der Waals surface area contributed by atoms with E-state index in [1.54, 1.807) is 48.5 Å².